The molecule has 1 heterocycles. The van der Waals surface area contributed by atoms with Crippen LogP contribution in [0.4, 0.5) is 4.39 Å². The summed E-state index contributed by atoms with van der Waals surface area (Å²) in [5.41, 5.74) is 0. The summed E-state index contributed by atoms with van der Waals surface area (Å²) < 4.78 is 13.6. The third-order valence-corrected chi connectivity index (χ3v) is 5.07. The molecule has 1 nitrogen and oxygen atoms in total. The van der Waals surface area contributed by atoms with E-state index in [1.807, 2.05) is 18.2 Å². The van der Waals surface area contributed by atoms with Gasteiger partial charge in [-0.3, -0.25) is 0 Å². The molecule has 0 saturated carbocycles. The number of nitrogens with one attached hydrogen (secondary N) is 1. The molecule has 0 radical (unpaired) electrons. The number of halogens is 2. The number of hydrogen-bond acceptors (Lipinski definition) is 3. The van der Waals surface area contributed by atoms with Gasteiger partial charge < -0.3 is 5.32 Å². The number of rotatable bonds is 6. The molecule has 1 aromatic heterocycles. The second-order valence-electron chi connectivity index (χ2n) is 4.02. The van der Waals surface area contributed by atoms with Gasteiger partial charge in [-0.2, -0.15) is 0 Å². The molecule has 0 amide bonds. The van der Waals surface area contributed by atoms with Crippen molar-refractivity contribution in [1.82, 2.24) is 5.32 Å². The van der Waals surface area contributed by atoms with Gasteiger partial charge in [-0.15, -0.1) is 23.1 Å². The van der Waals surface area contributed by atoms with Gasteiger partial charge in [0.2, 0.25) is 0 Å². The van der Waals surface area contributed by atoms with Crippen LogP contribution < -0.4 is 5.32 Å². The van der Waals surface area contributed by atoms with Crippen LogP contribution in [0.2, 0.25) is 4.34 Å². The van der Waals surface area contributed by atoms with Crippen LogP contribution in [-0.2, 0) is 0 Å². The zero-order valence-electron chi connectivity index (χ0n) is 10.5. The highest BCUT2D eigenvalue weighted by atomic mass is 35.5. The van der Waals surface area contributed by atoms with E-state index in [9.17, 15) is 4.39 Å². The maximum absolute atomic E-state index is 12.8. The lowest BCUT2D eigenvalue weighted by atomic mass is 10.3. The Balaban J connectivity index is 1.99. The van der Waals surface area contributed by atoms with E-state index in [0.717, 1.165) is 21.5 Å². The van der Waals surface area contributed by atoms with Gasteiger partial charge in [0.15, 0.2) is 0 Å². The highest BCUT2D eigenvalue weighted by Gasteiger charge is 2.13. The molecule has 0 bridgehead atoms. The largest absolute Gasteiger partial charge is 0.309 e. The Labute approximate surface area is 126 Å². The summed E-state index contributed by atoms with van der Waals surface area (Å²) in [5, 5.41) is 3.45. The number of thiophene rings is 1. The molecule has 0 aliphatic rings. The topological polar surface area (TPSA) is 12.0 Å². The van der Waals surface area contributed by atoms with Crippen LogP contribution in [0.25, 0.3) is 0 Å². The molecule has 1 N–H and O–H groups in total. The summed E-state index contributed by atoms with van der Waals surface area (Å²) in [4.78, 5) is 2.31. The van der Waals surface area contributed by atoms with Crippen molar-refractivity contribution < 1.29 is 4.39 Å². The highest BCUT2D eigenvalue weighted by molar-refractivity contribution is 7.99. The van der Waals surface area contributed by atoms with E-state index in [2.05, 4.69) is 18.3 Å². The van der Waals surface area contributed by atoms with Gasteiger partial charge in [-0.25, -0.2) is 4.39 Å². The lowest BCUT2D eigenvalue weighted by molar-refractivity contribution is 0.615. The summed E-state index contributed by atoms with van der Waals surface area (Å²) in [5.74, 6) is 0.702. The van der Waals surface area contributed by atoms with Gasteiger partial charge in [0, 0.05) is 15.5 Å². The Kier molecular flexibility index (Phi) is 5.70. The third-order valence-electron chi connectivity index (χ3n) is 2.62. The fraction of sp³-hybridized carbons (Fsp3) is 0.286. The van der Waals surface area contributed by atoms with Crippen molar-refractivity contribution in [2.75, 3.05) is 12.3 Å². The standard InChI is InChI=1S/C14H15ClFNS2/c1-2-17-12(13-7-8-14(15)19-13)9-18-11-5-3-10(16)4-6-11/h3-8,12,17H,2,9H2,1H3. The zero-order valence-corrected chi connectivity index (χ0v) is 12.9. The summed E-state index contributed by atoms with van der Waals surface area (Å²) in [6.45, 7) is 2.99. The van der Waals surface area contributed by atoms with E-state index >= 15 is 0 Å². The molecule has 0 fully saturated rings. The minimum Gasteiger partial charge on any atom is -0.309 e. The Bertz CT molecular complexity index is 512. The fourth-order valence-electron chi connectivity index (χ4n) is 1.71. The molecule has 1 atom stereocenters. The molecule has 19 heavy (non-hydrogen) atoms. The summed E-state index contributed by atoms with van der Waals surface area (Å²) in [7, 11) is 0. The second-order valence-corrected chi connectivity index (χ2v) is 6.86. The monoisotopic (exact) mass is 315 g/mol. The minimum absolute atomic E-state index is 0.197. The molecule has 0 spiro atoms. The first kappa shape index (κ1) is 14.9. The van der Waals surface area contributed by atoms with Crippen molar-refractivity contribution in [3.05, 3.63) is 51.4 Å². The average Bonchev–Trinajstić information content (AvgIpc) is 2.83. The molecular weight excluding hydrogens is 301 g/mol. The number of hydrogen-bond donors (Lipinski definition) is 1. The van der Waals surface area contributed by atoms with Crippen LogP contribution in [0.5, 0.6) is 0 Å². The molecule has 2 aromatic rings. The Morgan fingerprint density at radius 1 is 1.26 bits per heavy atom. The molecule has 2 rings (SSSR count). The van der Waals surface area contributed by atoms with Crippen LogP contribution in [0.15, 0.2) is 41.3 Å². The second kappa shape index (κ2) is 7.29. The molecule has 0 aliphatic carbocycles. The van der Waals surface area contributed by atoms with E-state index in [1.165, 1.54) is 17.0 Å². The normalized spacial score (nSPS) is 12.6. The maximum atomic E-state index is 12.8. The lowest BCUT2D eigenvalue weighted by Crippen LogP contribution is -2.21. The van der Waals surface area contributed by atoms with Crippen LogP contribution in [0.1, 0.15) is 17.8 Å². The molecule has 5 heteroatoms. The van der Waals surface area contributed by atoms with E-state index in [-0.39, 0.29) is 11.9 Å². The van der Waals surface area contributed by atoms with Crippen LogP contribution in [0.3, 0.4) is 0 Å². The van der Waals surface area contributed by atoms with Gasteiger partial charge in [0.05, 0.1) is 10.4 Å². The predicted molar refractivity (Wildman–Crippen MR) is 82.9 cm³/mol. The lowest BCUT2D eigenvalue weighted by Gasteiger charge is -2.15. The van der Waals surface area contributed by atoms with Gasteiger partial charge in [-0.1, -0.05) is 18.5 Å². The summed E-state index contributed by atoms with van der Waals surface area (Å²) >= 11 is 9.30. The SMILES string of the molecule is CCNC(CSc1ccc(F)cc1)c1ccc(Cl)s1. The van der Waals surface area contributed by atoms with E-state index in [0.29, 0.717) is 0 Å². The predicted octanol–water partition coefficient (Wildman–Crippen LogP) is 4.98. The highest BCUT2D eigenvalue weighted by Crippen LogP contribution is 2.31. The first-order chi connectivity index (χ1) is 9.19. The smallest absolute Gasteiger partial charge is 0.123 e. The Morgan fingerprint density at radius 2 is 2.00 bits per heavy atom. The molecule has 102 valence electrons. The summed E-state index contributed by atoms with van der Waals surface area (Å²) in [6, 6.07) is 10.9. The Hall–Kier alpha value is -0.550. The van der Waals surface area contributed by atoms with Crippen molar-refractivity contribution in [2.24, 2.45) is 0 Å². The molecule has 1 aromatic carbocycles. The van der Waals surface area contributed by atoms with Gasteiger partial charge in [0.1, 0.15) is 5.82 Å². The number of benzene rings is 1. The van der Waals surface area contributed by atoms with Crippen molar-refractivity contribution >= 4 is 34.7 Å². The van der Waals surface area contributed by atoms with Gasteiger partial charge >= 0.3 is 0 Å². The molecular formula is C14H15ClFNS2. The molecule has 0 aliphatic heterocycles. The average molecular weight is 316 g/mol. The Morgan fingerprint density at radius 3 is 2.58 bits per heavy atom. The van der Waals surface area contributed by atoms with Crippen LogP contribution in [0, 0.1) is 5.82 Å². The quantitative estimate of drug-likeness (QED) is 0.754. The summed E-state index contributed by atoms with van der Waals surface area (Å²) in [6.07, 6.45) is 0. The van der Waals surface area contributed by atoms with Crippen molar-refractivity contribution in [2.45, 2.75) is 17.9 Å². The molecule has 0 saturated heterocycles. The van der Waals surface area contributed by atoms with Gasteiger partial charge in [0.25, 0.3) is 0 Å². The first-order valence-electron chi connectivity index (χ1n) is 6.06. The van der Waals surface area contributed by atoms with Crippen molar-refractivity contribution in [1.29, 1.82) is 0 Å². The third kappa shape index (κ3) is 4.49. The van der Waals surface area contributed by atoms with Crippen molar-refractivity contribution in [3.8, 4) is 0 Å². The maximum Gasteiger partial charge on any atom is 0.123 e. The fourth-order valence-corrected chi connectivity index (χ4v) is 3.94. The van der Waals surface area contributed by atoms with Crippen LogP contribution >= 0.6 is 34.7 Å². The van der Waals surface area contributed by atoms with E-state index < -0.39 is 0 Å². The van der Waals surface area contributed by atoms with E-state index in [1.54, 1.807) is 23.1 Å². The first-order valence-corrected chi connectivity index (χ1v) is 8.24. The zero-order chi connectivity index (χ0) is 13.7. The minimum atomic E-state index is -0.197. The number of thioether (sulfide) groups is 1. The van der Waals surface area contributed by atoms with Crippen molar-refractivity contribution in [3.63, 3.8) is 0 Å². The van der Waals surface area contributed by atoms with Gasteiger partial charge in [-0.05, 0) is 42.9 Å². The molecule has 1 unspecified atom stereocenters. The van der Waals surface area contributed by atoms with E-state index in [4.69, 9.17) is 11.6 Å². The van der Waals surface area contributed by atoms with Crippen LogP contribution in [-0.4, -0.2) is 12.3 Å².